The van der Waals surface area contributed by atoms with Gasteiger partial charge in [-0.15, -0.1) is 0 Å². The highest BCUT2D eigenvalue weighted by Gasteiger charge is 2.07. The van der Waals surface area contributed by atoms with Gasteiger partial charge < -0.3 is 4.74 Å². The summed E-state index contributed by atoms with van der Waals surface area (Å²) in [5.41, 5.74) is 0.724. The summed E-state index contributed by atoms with van der Waals surface area (Å²) in [4.78, 5) is 7.69. The van der Waals surface area contributed by atoms with Crippen LogP contribution < -0.4 is 4.74 Å². The molecule has 0 fully saturated rings. The van der Waals surface area contributed by atoms with Gasteiger partial charge in [0, 0.05) is 29.6 Å². The fourth-order valence-electron chi connectivity index (χ4n) is 1.28. The molecule has 0 spiro atoms. The monoisotopic (exact) mass is 222 g/mol. The molecular formula is C11H8F2N2O. The minimum atomic E-state index is -0.645. The predicted molar refractivity (Wildman–Crippen MR) is 53.9 cm³/mol. The molecule has 0 saturated carbocycles. The van der Waals surface area contributed by atoms with E-state index in [-0.39, 0.29) is 11.6 Å². The van der Waals surface area contributed by atoms with Crippen LogP contribution in [0.25, 0.3) is 11.1 Å². The van der Waals surface area contributed by atoms with Gasteiger partial charge in [0.25, 0.3) is 0 Å². The first-order chi connectivity index (χ1) is 7.70. The molecule has 1 aromatic heterocycles. The molecule has 3 nitrogen and oxygen atoms in total. The molecule has 0 aliphatic carbocycles. The van der Waals surface area contributed by atoms with E-state index in [1.165, 1.54) is 31.6 Å². The highest BCUT2D eigenvalue weighted by molar-refractivity contribution is 5.62. The minimum absolute atomic E-state index is 0.200. The zero-order valence-corrected chi connectivity index (χ0v) is 8.45. The van der Waals surface area contributed by atoms with Crippen molar-refractivity contribution in [3.8, 4) is 17.1 Å². The normalized spacial score (nSPS) is 10.2. The van der Waals surface area contributed by atoms with Crippen LogP contribution in [-0.2, 0) is 0 Å². The van der Waals surface area contributed by atoms with Crippen molar-refractivity contribution in [2.45, 2.75) is 0 Å². The average Bonchev–Trinajstić information content (AvgIpc) is 2.29. The third-order valence-corrected chi connectivity index (χ3v) is 2.05. The Morgan fingerprint density at radius 2 is 1.81 bits per heavy atom. The van der Waals surface area contributed by atoms with Gasteiger partial charge in [-0.1, -0.05) is 0 Å². The molecule has 0 N–H and O–H groups in total. The number of nitrogens with zero attached hydrogens (tertiary/aromatic N) is 2. The molecule has 0 aliphatic heterocycles. The van der Waals surface area contributed by atoms with E-state index in [4.69, 9.17) is 4.74 Å². The second kappa shape index (κ2) is 4.22. The van der Waals surface area contributed by atoms with E-state index < -0.39 is 11.6 Å². The third kappa shape index (κ3) is 1.98. The Labute approximate surface area is 90.7 Å². The summed E-state index contributed by atoms with van der Waals surface area (Å²) in [5, 5.41) is 0. The number of rotatable bonds is 2. The fraction of sp³-hybridized carbons (Fsp3) is 0.0909. The van der Waals surface area contributed by atoms with E-state index >= 15 is 0 Å². The molecule has 82 valence electrons. The lowest BCUT2D eigenvalue weighted by atomic mass is 10.1. The lowest BCUT2D eigenvalue weighted by Crippen LogP contribution is -1.93. The van der Waals surface area contributed by atoms with E-state index in [9.17, 15) is 8.78 Å². The van der Waals surface area contributed by atoms with Gasteiger partial charge in [0.15, 0.2) is 0 Å². The molecule has 5 heteroatoms. The summed E-state index contributed by atoms with van der Waals surface area (Å²) in [7, 11) is 1.44. The third-order valence-electron chi connectivity index (χ3n) is 2.05. The second-order valence-corrected chi connectivity index (χ2v) is 3.08. The van der Waals surface area contributed by atoms with Crippen molar-refractivity contribution < 1.29 is 13.5 Å². The SMILES string of the molecule is COc1ncc(-c2ccc(F)cc2F)cn1. The van der Waals surface area contributed by atoms with Gasteiger partial charge in [0.2, 0.25) is 0 Å². The molecule has 2 aromatic rings. The number of benzene rings is 1. The lowest BCUT2D eigenvalue weighted by Gasteiger charge is -2.03. The van der Waals surface area contributed by atoms with Crippen LogP contribution in [0.4, 0.5) is 8.78 Å². The Balaban J connectivity index is 2.42. The molecule has 0 atom stereocenters. The average molecular weight is 222 g/mol. The van der Waals surface area contributed by atoms with Crippen molar-refractivity contribution in [3.05, 3.63) is 42.2 Å². The van der Waals surface area contributed by atoms with Gasteiger partial charge in [0.1, 0.15) is 11.6 Å². The van der Waals surface area contributed by atoms with E-state index in [2.05, 4.69) is 9.97 Å². The first-order valence-corrected chi connectivity index (χ1v) is 4.52. The minimum Gasteiger partial charge on any atom is -0.467 e. The van der Waals surface area contributed by atoms with E-state index in [1.54, 1.807) is 0 Å². The molecule has 0 radical (unpaired) electrons. The summed E-state index contributed by atoms with van der Waals surface area (Å²) in [5.74, 6) is -1.26. The van der Waals surface area contributed by atoms with Gasteiger partial charge in [-0.05, 0) is 12.1 Å². The van der Waals surface area contributed by atoms with Gasteiger partial charge >= 0.3 is 6.01 Å². The Kier molecular flexibility index (Phi) is 2.76. The molecule has 2 rings (SSSR count). The van der Waals surface area contributed by atoms with Gasteiger partial charge in [0.05, 0.1) is 7.11 Å². The van der Waals surface area contributed by atoms with E-state index in [1.807, 2.05) is 0 Å². The summed E-state index contributed by atoms with van der Waals surface area (Å²) in [6, 6.07) is 3.55. The van der Waals surface area contributed by atoms with E-state index in [0.29, 0.717) is 5.56 Å². The Bertz CT molecular complexity index is 500. The molecule has 0 amide bonds. The summed E-state index contributed by atoms with van der Waals surface area (Å²) >= 11 is 0. The summed E-state index contributed by atoms with van der Waals surface area (Å²) in [6.07, 6.45) is 2.84. The van der Waals surface area contributed by atoms with Crippen LogP contribution in [0.5, 0.6) is 6.01 Å². The molecule has 0 aliphatic rings. The van der Waals surface area contributed by atoms with Crippen molar-refractivity contribution >= 4 is 0 Å². The fourth-order valence-corrected chi connectivity index (χ4v) is 1.28. The van der Waals surface area contributed by atoms with Crippen LogP contribution in [0.3, 0.4) is 0 Å². The smallest absolute Gasteiger partial charge is 0.316 e. The maximum atomic E-state index is 13.4. The summed E-state index contributed by atoms with van der Waals surface area (Å²) in [6.45, 7) is 0. The van der Waals surface area contributed by atoms with Crippen molar-refractivity contribution in [1.82, 2.24) is 9.97 Å². The Morgan fingerprint density at radius 3 is 2.38 bits per heavy atom. The van der Waals surface area contributed by atoms with Crippen LogP contribution in [0.1, 0.15) is 0 Å². The Morgan fingerprint density at radius 1 is 1.12 bits per heavy atom. The first kappa shape index (κ1) is 10.5. The topological polar surface area (TPSA) is 35.0 Å². The van der Waals surface area contributed by atoms with Crippen LogP contribution in [-0.4, -0.2) is 17.1 Å². The second-order valence-electron chi connectivity index (χ2n) is 3.08. The number of hydrogen-bond acceptors (Lipinski definition) is 3. The zero-order valence-electron chi connectivity index (χ0n) is 8.45. The number of methoxy groups -OCH3 is 1. The zero-order chi connectivity index (χ0) is 11.5. The standard InChI is InChI=1S/C11H8F2N2O/c1-16-11-14-5-7(6-15-11)9-3-2-8(12)4-10(9)13/h2-6H,1H3. The molecule has 0 bridgehead atoms. The van der Waals surface area contributed by atoms with Crippen LogP contribution in [0.2, 0.25) is 0 Å². The molecule has 16 heavy (non-hydrogen) atoms. The maximum Gasteiger partial charge on any atom is 0.316 e. The highest BCUT2D eigenvalue weighted by Crippen LogP contribution is 2.22. The number of ether oxygens (including phenoxy) is 1. The van der Waals surface area contributed by atoms with Gasteiger partial charge in [-0.3, -0.25) is 0 Å². The number of halogens is 2. The Hall–Kier alpha value is -2.04. The van der Waals surface area contributed by atoms with Crippen molar-refractivity contribution in [1.29, 1.82) is 0 Å². The first-order valence-electron chi connectivity index (χ1n) is 4.52. The number of hydrogen-bond donors (Lipinski definition) is 0. The number of aromatic nitrogens is 2. The molecular weight excluding hydrogens is 214 g/mol. The van der Waals surface area contributed by atoms with E-state index in [0.717, 1.165) is 6.07 Å². The van der Waals surface area contributed by atoms with Gasteiger partial charge in [-0.2, -0.15) is 0 Å². The lowest BCUT2D eigenvalue weighted by molar-refractivity contribution is 0.380. The molecule has 0 saturated heterocycles. The van der Waals surface area contributed by atoms with Crippen molar-refractivity contribution in [2.24, 2.45) is 0 Å². The van der Waals surface area contributed by atoms with Gasteiger partial charge in [-0.25, -0.2) is 18.7 Å². The van der Waals surface area contributed by atoms with Crippen molar-refractivity contribution in [2.75, 3.05) is 7.11 Å². The largest absolute Gasteiger partial charge is 0.467 e. The van der Waals surface area contributed by atoms with Crippen LogP contribution in [0, 0.1) is 11.6 Å². The highest BCUT2D eigenvalue weighted by atomic mass is 19.1. The van der Waals surface area contributed by atoms with Crippen LogP contribution in [0.15, 0.2) is 30.6 Å². The maximum absolute atomic E-state index is 13.4. The van der Waals surface area contributed by atoms with Crippen LogP contribution >= 0.6 is 0 Å². The molecule has 0 unspecified atom stereocenters. The molecule has 1 heterocycles. The predicted octanol–water partition coefficient (Wildman–Crippen LogP) is 2.43. The summed E-state index contributed by atoms with van der Waals surface area (Å²) < 4.78 is 30.9. The molecule has 1 aromatic carbocycles. The van der Waals surface area contributed by atoms with Crippen molar-refractivity contribution in [3.63, 3.8) is 0 Å². The quantitative estimate of drug-likeness (QED) is 0.782.